The van der Waals surface area contributed by atoms with E-state index in [2.05, 4.69) is 15.0 Å². The Bertz CT molecular complexity index is 1670. The third-order valence-electron chi connectivity index (χ3n) is 6.42. The van der Waals surface area contributed by atoms with Crippen molar-refractivity contribution in [3.8, 4) is 11.6 Å². The molecule has 0 saturated carbocycles. The van der Waals surface area contributed by atoms with Crippen LogP contribution < -0.4 is 14.7 Å². The van der Waals surface area contributed by atoms with Crippen molar-refractivity contribution >= 4 is 22.0 Å². The van der Waals surface area contributed by atoms with Crippen molar-refractivity contribution in [2.75, 3.05) is 20.0 Å². The fourth-order valence-electron chi connectivity index (χ4n) is 4.71. The fraction of sp³-hybridized carbons (Fsp3) is 0.286. The normalized spacial score (nSPS) is 11.3. The van der Waals surface area contributed by atoms with E-state index in [-0.39, 0.29) is 23.1 Å². The number of hydrogen-bond acceptors (Lipinski definition) is 10. The summed E-state index contributed by atoms with van der Waals surface area (Å²) >= 11 is 0. The molecule has 0 aliphatic carbocycles. The van der Waals surface area contributed by atoms with Crippen molar-refractivity contribution in [1.29, 1.82) is 0 Å². The van der Waals surface area contributed by atoms with Gasteiger partial charge in [0.2, 0.25) is 11.8 Å². The number of rotatable bonds is 9. The summed E-state index contributed by atoms with van der Waals surface area (Å²) in [5, 5.41) is 0. The van der Waals surface area contributed by atoms with Crippen LogP contribution in [0, 0.1) is 27.7 Å². The largest absolute Gasteiger partial charge is 0.496 e. The minimum Gasteiger partial charge on any atom is -0.496 e. The number of nitrogen functional groups attached to an aromatic ring is 1. The van der Waals surface area contributed by atoms with Gasteiger partial charge in [0.05, 0.1) is 32.4 Å². The molecular weight excluding hydrogens is 534 g/mol. The number of anilines is 1. The van der Waals surface area contributed by atoms with Gasteiger partial charge >= 0.3 is 16.1 Å². The SMILES string of the molecule is COC(=O)c1cncn1Cc1ccc(Cc2c(C)nc(N)nc2OS(=O)(=O)c2c(C)cc(C)cc2C)c(OC)c1. The van der Waals surface area contributed by atoms with Crippen LogP contribution in [-0.2, 0) is 27.8 Å². The maximum Gasteiger partial charge on any atom is 0.356 e. The minimum atomic E-state index is -4.23. The summed E-state index contributed by atoms with van der Waals surface area (Å²) < 4.78 is 44.6. The van der Waals surface area contributed by atoms with E-state index in [0.29, 0.717) is 40.4 Å². The number of aromatic nitrogens is 4. The maximum atomic E-state index is 13.4. The number of nitrogens with zero attached hydrogens (tertiary/aromatic N) is 4. The number of aryl methyl sites for hydroxylation is 4. The lowest BCUT2D eigenvalue weighted by Crippen LogP contribution is -2.17. The van der Waals surface area contributed by atoms with E-state index in [9.17, 15) is 13.2 Å². The molecule has 2 N–H and O–H groups in total. The molecule has 12 heteroatoms. The van der Waals surface area contributed by atoms with Crippen molar-refractivity contribution in [3.05, 3.63) is 87.6 Å². The zero-order chi connectivity index (χ0) is 29.2. The molecule has 0 atom stereocenters. The van der Waals surface area contributed by atoms with E-state index in [1.165, 1.54) is 20.4 Å². The highest BCUT2D eigenvalue weighted by molar-refractivity contribution is 7.87. The first-order valence-corrected chi connectivity index (χ1v) is 13.7. The monoisotopic (exact) mass is 565 g/mol. The van der Waals surface area contributed by atoms with Gasteiger partial charge in [-0.1, -0.05) is 29.8 Å². The first-order chi connectivity index (χ1) is 18.9. The minimum absolute atomic E-state index is 0.0895. The molecule has 0 bridgehead atoms. The number of imidazole rings is 1. The van der Waals surface area contributed by atoms with Gasteiger partial charge in [-0.05, 0) is 56.0 Å². The van der Waals surface area contributed by atoms with Crippen molar-refractivity contribution in [2.45, 2.75) is 45.6 Å². The standard InChI is InChI=1S/C28H31N5O6S/c1-16-9-17(2)25(18(3)10-16)40(35,36)39-26-22(19(4)31-28(29)32-26)12-21-8-7-20(11-24(21)37-5)14-33-15-30-13-23(33)27(34)38-6/h7-11,13,15H,12,14H2,1-6H3,(H2,29,31,32). The number of methoxy groups -OCH3 is 2. The lowest BCUT2D eigenvalue weighted by molar-refractivity contribution is 0.0589. The van der Waals surface area contributed by atoms with Gasteiger partial charge in [0.1, 0.15) is 16.3 Å². The molecule has 0 spiro atoms. The Morgan fingerprint density at radius 3 is 2.38 bits per heavy atom. The molecule has 0 fully saturated rings. The summed E-state index contributed by atoms with van der Waals surface area (Å²) in [7, 11) is -1.38. The van der Waals surface area contributed by atoms with E-state index in [1.54, 1.807) is 43.8 Å². The molecule has 4 aromatic rings. The molecule has 0 aliphatic heterocycles. The molecule has 2 aromatic carbocycles. The number of carbonyl (C=O) groups excluding carboxylic acids is 1. The highest BCUT2D eigenvalue weighted by Gasteiger charge is 2.26. The molecule has 2 aromatic heterocycles. The van der Waals surface area contributed by atoms with Crippen LogP contribution in [0.3, 0.4) is 0 Å². The van der Waals surface area contributed by atoms with E-state index < -0.39 is 16.1 Å². The lowest BCUT2D eigenvalue weighted by atomic mass is 10.0. The van der Waals surface area contributed by atoms with Crippen molar-refractivity contribution in [3.63, 3.8) is 0 Å². The summed E-state index contributed by atoms with van der Waals surface area (Å²) in [5.74, 6) is -0.185. The summed E-state index contributed by atoms with van der Waals surface area (Å²) in [5.41, 5.74) is 10.8. The molecule has 0 radical (unpaired) electrons. The Kier molecular flexibility index (Phi) is 8.10. The number of hydrogen-bond donors (Lipinski definition) is 1. The molecule has 11 nitrogen and oxygen atoms in total. The zero-order valence-electron chi connectivity index (χ0n) is 23.2. The predicted octanol–water partition coefficient (Wildman–Crippen LogP) is 3.69. The second-order valence-corrected chi connectivity index (χ2v) is 10.9. The van der Waals surface area contributed by atoms with Gasteiger partial charge in [-0.3, -0.25) is 0 Å². The van der Waals surface area contributed by atoms with Crippen molar-refractivity contribution < 1.29 is 26.9 Å². The Morgan fingerprint density at radius 2 is 1.73 bits per heavy atom. The molecule has 0 saturated heterocycles. The maximum absolute atomic E-state index is 13.4. The average molecular weight is 566 g/mol. The van der Waals surface area contributed by atoms with Gasteiger partial charge in [0.25, 0.3) is 0 Å². The molecule has 0 amide bonds. The smallest absolute Gasteiger partial charge is 0.356 e. The van der Waals surface area contributed by atoms with Gasteiger partial charge in [0, 0.05) is 18.5 Å². The molecule has 210 valence electrons. The van der Waals surface area contributed by atoms with Crippen LogP contribution in [0.1, 0.15) is 49.6 Å². The number of ether oxygens (including phenoxy) is 2. The second kappa shape index (κ2) is 11.3. The molecule has 0 unspecified atom stereocenters. The van der Waals surface area contributed by atoms with E-state index in [4.69, 9.17) is 19.4 Å². The Morgan fingerprint density at radius 1 is 1.02 bits per heavy atom. The van der Waals surface area contributed by atoms with Crippen LogP contribution in [0.2, 0.25) is 0 Å². The van der Waals surface area contributed by atoms with Gasteiger partial charge < -0.3 is 24.0 Å². The van der Waals surface area contributed by atoms with Crippen molar-refractivity contribution in [2.24, 2.45) is 0 Å². The molecule has 4 rings (SSSR count). The van der Waals surface area contributed by atoms with Crippen molar-refractivity contribution in [1.82, 2.24) is 19.5 Å². The molecule has 2 heterocycles. The summed E-state index contributed by atoms with van der Waals surface area (Å²) in [4.78, 5) is 24.5. The van der Waals surface area contributed by atoms with Gasteiger partial charge in [-0.25, -0.2) is 14.8 Å². The van der Waals surface area contributed by atoms with Gasteiger partial charge in [0.15, 0.2) is 0 Å². The first-order valence-electron chi connectivity index (χ1n) is 12.3. The lowest BCUT2D eigenvalue weighted by Gasteiger charge is -2.17. The van der Waals surface area contributed by atoms with Crippen LogP contribution in [-0.4, -0.2) is 48.1 Å². The fourth-order valence-corrected chi connectivity index (χ4v) is 6.05. The predicted molar refractivity (Wildman–Crippen MR) is 148 cm³/mol. The number of esters is 1. The average Bonchev–Trinajstić information content (AvgIpc) is 3.33. The van der Waals surface area contributed by atoms with Gasteiger partial charge in [-0.15, -0.1) is 0 Å². The Labute approximate surface area is 233 Å². The third kappa shape index (κ3) is 5.91. The highest BCUT2D eigenvalue weighted by atomic mass is 32.2. The number of carbonyl (C=O) groups is 1. The molecule has 40 heavy (non-hydrogen) atoms. The zero-order valence-corrected chi connectivity index (χ0v) is 24.0. The van der Waals surface area contributed by atoms with E-state index in [0.717, 1.165) is 16.7 Å². The number of benzene rings is 2. The Balaban J connectivity index is 1.68. The Hall–Kier alpha value is -4.45. The molecule has 0 aliphatic rings. The summed E-state index contributed by atoms with van der Waals surface area (Å²) in [6.45, 7) is 7.41. The van der Waals surface area contributed by atoms with E-state index in [1.807, 2.05) is 25.1 Å². The number of nitrogens with two attached hydrogens (primary N) is 1. The van der Waals surface area contributed by atoms with Crippen LogP contribution in [0.4, 0.5) is 5.95 Å². The van der Waals surface area contributed by atoms with Gasteiger partial charge in [-0.2, -0.15) is 13.4 Å². The summed E-state index contributed by atoms with van der Waals surface area (Å²) in [6, 6.07) is 9.14. The topological polar surface area (TPSA) is 149 Å². The van der Waals surface area contributed by atoms with Crippen LogP contribution in [0.15, 0.2) is 47.8 Å². The summed E-state index contributed by atoms with van der Waals surface area (Å²) in [6.07, 6.45) is 3.20. The first kappa shape index (κ1) is 28.6. The highest BCUT2D eigenvalue weighted by Crippen LogP contribution is 2.32. The third-order valence-corrected chi connectivity index (χ3v) is 7.94. The van der Waals surface area contributed by atoms with E-state index >= 15 is 0 Å². The van der Waals surface area contributed by atoms with Crippen LogP contribution >= 0.6 is 0 Å². The second-order valence-electron chi connectivity index (χ2n) is 9.44. The van der Waals surface area contributed by atoms with Crippen LogP contribution in [0.5, 0.6) is 11.6 Å². The quantitative estimate of drug-likeness (QED) is 0.235. The molecular formula is C28H31N5O6S. The van der Waals surface area contributed by atoms with Crippen LogP contribution in [0.25, 0.3) is 0 Å².